The van der Waals surface area contributed by atoms with Gasteiger partial charge >= 0.3 is 0 Å². The molecule has 0 aliphatic rings. The summed E-state index contributed by atoms with van der Waals surface area (Å²) in [6, 6.07) is 0. The van der Waals surface area contributed by atoms with E-state index in [4.69, 9.17) is 0 Å². The Kier molecular flexibility index (Phi) is 13.7. The van der Waals surface area contributed by atoms with Crippen molar-refractivity contribution in [3.05, 3.63) is 0 Å². The lowest BCUT2D eigenvalue weighted by molar-refractivity contribution is 0.842. The predicted molar refractivity (Wildman–Crippen MR) is 169 cm³/mol. The third-order valence-electron chi connectivity index (χ3n) is 1.44. The Balaban J connectivity index is 5.53. The van der Waals surface area contributed by atoms with Crippen LogP contribution in [0, 0.1) is 0 Å². The van der Waals surface area contributed by atoms with Crippen LogP contribution in [0.25, 0.3) is 0 Å². The quantitative estimate of drug-likeness (QED) is 0.195. The molecular formula is C5HI11. The largest absolute Gasteiger partial charge is 0.149 e. The van der Waals surface area contributed by atoms with Crippen molar-refractivity contribution in [2.45, 2.75) is 5.65 Å². The number of hydrogen-bond donors (Lipinski definition) is 0. The lowest BCUT2D eigenvalue weighted by Crippen LogP contribution is -2.55. The molecule has 0 rings (SSSR count). The topological polar surface area (TPSA) is 0 Å². The molecule has 0 aliphatic carbocycles. The van der Waals surface area contributed by atoms with Crippen molar-refractivity contribution in [3.8, 4) is 0 Å². The normalized spacial score (nSPS) is 15.8. The Morgan fingerprint density at radius 3 is 1.06 bits per heavy atom. The predicted octanol–water partition coefficient (Wildman–Crippen LogP) is 8.84. The molecule has 0 saturated heterocycles. The van der Waals surface area contributed by atoms with E-state index in [-0.39, 0.29) is 3.72 Å². The molecule has 0 bridgehead atoms. The monoisotopic (exact) mass is 1460 g/mol. The third-order valence-corrected chi connectivity index (χ3v) is 34.4. The highest BCUT2D eigenvalue weighted by Crippen LogP contribution is 2.71. The molecule has 0 N–H and O–H groups in total. The van der Waals surface area contributed by atoms with Crippen LogP contribution in [0.4, 0.5) is 0 Å². The van der Waals surface area contributed by atoms with E-state index < -0.39 is 0 Å². The van der Waals surface area contributed by atoms with E-state index in [1.165, 1.54) is 0 Å². The summed E-state index contributed by atoms with van der Waals surface area (Å²) in [6.07, 6.45) is 0. The minimum absolute atomic E-state index is 0.147. The fourth-order valence-corrected chi connectivity index (χ4v) is 13.3. The van der Waals surface area contributed by atoms with Crippen molar-refractivity contribution in [2.75, 3.05) is 0 Å². The average molecular weight is 1460 g/mol. The first-order valence-electron chi connectivity index (χ1n) is 3.18. The van der Waals surface area contributed by atoms with Gasteiger partial charge in [-0.15, -0.1) is 0 Å². The summed E-state index contributed by atoms with van der Waals surface area (Å²) in [5.41, 5.74) is 0. The minimum atomic E-state index is 0.147. The summed E-state index contributed by atoms with van der Waals surface area (Å²) < 4.78 is 1.24. The molecule has 0 aliphatic heterocycles. The fourth-order valence-electron chi connectivity index (χ4n) is 0.524. The molecule has 0 fully saturated rings. The van der Waals surface area contributed by atoms with E-state index in [1.807, 2.05) is 0 Å². The lowest BCUT2D eigenvalue weighted by atomic mass is 10.3. The molecule has 98 valence electrons. The molecule has 0 aromatic heterocycles. The van der Waals surface area contributed by atoms with Crippen LogP contribution in [-0.4, -0.2) is 5.65 Å². The second-order valence-corrected chi connectivity index (χ2v) is 34.6. The van der Waals surface area contributed by atoms with Crippen molar-refractivity contribution in [3.63, 3.8) is 0 Å². The van der Waals surface area contributed by atoms with Gasteiger partial charge in [0.25, 0.3) is 0 Å². The van der Waals surface area contributed by atoms with Crippen molar-refractivity contribution in [1.29, 1.82) is 0 Å². The number of rotatable bonds is 4. The Labute approximate surface area is 246 Å². The van der Waals surface area contributed by atoms with Crippen LogP contribution in [0.3, 0.4) is 0 Å². The van der Waals surface area contributed by atoms with Crippen molar-refractivity contribution < 1.29 is 0 Å². The summed E-state index contributed by atoms with van der Waals surface area (Å²) in [5, 5.41) is 0. The minimum Gasteiger partial charge on any atom is -0.0686 e. The van der Waals surface area contributed by atoms with Crippen molar-refractivity contribution in [1.82, 2.24) is 0 Å². The van der Waals surface area contributed by atoms with Crippen LogP contribution in [0.2, 0.25) is 0 Å². The van der Waals surface area contributed by atoms with Gasteiger partial charge in [0, 0.05) is 0 Å². The smallest absolute Gasteiger partial charge is 0.0686 e. The van der Waals surface area contributed by atoms with Crippen LogP contribution in [0.1, 0.15) is 0 Å². The van der Waals surface area contributed by atoms with Gasteiger partial charge in [0.15, 0.2) is 0 Å². The van der Waals surface area contributed by atoms with Crippen LogP contribution >= 0.6 is 248 Å². The SMILES string of the molecule is IC(I)C(I)(I)C(I)(I)C(I)(I)C(I)(I)I. The Hall–Kier alpha value is 8.03. The number of halogens is 11. The van der Waals surface area contributed by atoms with E-state index in [1.54, 1.807) is 0 Å². The maximum Gasteiger partial charge on any atom is 0.149 e. The highest BCUT2D eigenvalue weighted by molar-refractivity contribution is 14.3. The molecule has 16 heavy (non-hydrogen) atoms. The molecule has 0 nitrogen and oxygen atoms in total. The zero-order valence-corrected chi connectivity index (χ0v) is 30.5. The Morgan fingerprint density at radius 1 is 0.562 bits per heavy atom. The third kappa shape index (κ3) is 5.79. The second-order valence-electron chi connectivity index (χ2n) is 2.57. The van der Waals surface area contributed by atoms with Crippen LogP contribution in [0.5, 0.6) is 0 Å². The zero-order chi connectivity index (χ0) is 13.6. The van der Waals surface area contributed by atoms with E-state index in [0.717, 1.165) is 0 Å². The maximum atomic E-state index is 2.63. The molecule has 0 aromatic rings. The number of alkyl halides is 11. The van der Waals surface area contributed by atoms with Gasteiger partial charge in [0.1, 0.15) is 3.72 Å². The van der Waals surface area contributed by atoms with Gasteiger partial charge in [-0.05, 0) is 0 Å². The highest BCUT2D eigenvalue weighted by Gasteiger charge is 2.65. The standard InChI is InChI=1S/C5HI11/c6-1(7)2(8,9)3(10,11)4(12,13)5(14,15)16/h1H. The summed E-state index contributed by atoms with van der Waals surface area (Å²) in [5.74, 6) is 0. The first kappa shape index (κ1) is 24.0. The molecule has 0 aromatic carbocycles. The van der Waals surface area contributed by atoms with E-state index in [0.29, 0.717) is 1.93 Å². The van der Waals surface area contributed by atoms with Crippen molar-refractivity contribution in [2.24, 2.45) is 0 Å². The molecule has 0 amide bonds. The molecule has 0 spiro atoms. The van der Waals surface area contributed by atoms with Crippen LogP contribution in [0.15, 0.2) is 0 Å². The van der Waals surface area contributed by atoms with Gasteiger partial charge in [0.2, 0.25) is 0 Å². The van der Waals surface area contributed by atoms with Crippen LogP contribution in [-0.2, 0) is 0 Å². The van der Waals surface area contributed by atoms with E-state index in [2.05, 4.69) is 248 Å². The van der Waals surface area contributed by atoms with Gasteiger partial charge in [-0.25, -0.2) is 0 Å². The lowest BCUT2D eigenvalue weighted by Gasteiger charge is -2.48. The Bertz CT molecular complexity index is 248. The molecule has 0 unspecified atom stereocenters. The van der Waals surface area contributed by atoms with Crippen molar-refractivity contribution >= 4 is 248 Å². The van der Waals surface area contributed by atoms with Gasteiger partial charge in [-0.3, -0.25) is 0 Å². The van der Waals surface area contributed by atoms with Gasteiger partial charge in [0.05, 0.1) is 1.93 Å². The molecule has 0 heterocycles. The first-order chi connectivity index (χ1) is 6.69. The summed E-state index contributed by atoms with van der Waals surface area (Å²) in [7, 11) is 0. The number of hydrogen-bond acceptors (Lipinski definition) is 0. The molecule has 11 heteroatoms. The second kappa shape index (κ2) is 9.11. The first-order valence-corrected chi connectivity index (χ1v) is 15.4. The summed E-state index contributed by atoms with van der Waals surface area (Å²) in [4.78, 5) is 0. The molecule has 0 saturated carbocycles. The maximum absolute atomic E-state index is 2.63. The molecular weight excluding hydrogens is 1460 g/mol. The van der Waals surface area contributed by atoms with Crippen LogP contribution < -0.4 is 0 Å². The average Bonchev–Trinajstić information content (AvgIpc) is 2.00. The highest BCUT2D eigenvalue weighted by atomic mass is 127. The van der Waals surface area contributed by atoms with Gasteiger partial charge in [-0.2, -0.15) is 0 Å². The van der Waals surface area contributed by atoms with Gasteiger partial charge in [-0.1, -0.05) is 248 Å². The zero-order valence-electron chi connectivity index (χ0n) is 6.73. The molecule has 0 radical (unpaired) electrons. The van der Waals surface area contributed by atoms with E-state index in [9.17, 15) is 0 Å². The fraction of sp³-hybridized carbons (Fsp3) is 1.00. The van der Waals surface area contributed by atoms with Gasteiger partial charge < -0.3 is 0 Å². The molecule has 0 atom stereocenters. The summed E-state index contributed by atoms with van der Waals surface area (Å²) >= 11 is 28.4. The summed E-state index contributed by atoms with van der Waals surface area (Å²) in [6.45, 7) is 0. The van der Waals surface area contributed by atoms with E-state index >= 15 is 0 Å². The Morgan fingerprint density at radius 2 is 0.875 bits per heavy atom.